The molecular weight excluding hydrogens is 385 g/mol. The molecule has 6 heteroatoms. The molecule has 0 aliphatic rings. The van der Waals surface area contributed by atoms with E-state index in [0.29, 0.717) is 6.61 Å². The predicted molar refractivity (Wildman–Crippen MR) is 113 cm³/mol. The van der Waals surface area contributed by atoms with Crippen molar-refractivity contribution in [3.63, 3.8) is 0 Å². The molecule has 2 aromatic rings. The maximum Gasteiger partial charge on any atom is 0.166 e. The van der Waals surface area contributed by atoms with Gasteiger partial charge in [-0.25, -0.2) is 0 Å². The SMILES string of the molecule is COc1cccc(CNCCCOC(C)C)c1OCc1ccc(Cl)cc1.Cl. The smallest absolute Gasteiger partial charge is 0.166 e. The summed E-state index contributed by atoms with van der Waals surface area (Å²) in [6, 6.07) is 13.6. The van der Waals surface area contributed by atoms with Gasteiger partial charge in [-0.3, -0.25) is 0 Å². The third-order valence-corrected chi connectivity index (χ3v) is 4.09. The van der Waals surface area contributed by atoms with Gasteiger partial charge in [-0.2, -0.15) is 0 Å². The van der Waals surface area contributed by atoms with Gasteiger partial charge in [0.2, 0.25) is 0 Å². The zero-order chi connectivity index (χ0) is 18.8. The van der Waals surface area contributed by atoms with Crippen molar-refractivity contribution in [2.24, 2.45) is 0 Å². The van der Waals surface area contributed by atoms with Crippen LogP contribution in [0.25, 0.3) is 0 Å². The van der Waals surface area contributed by atoms with Crippen molar-refractivity contribution in [3.05, 3.63) is 58.6 Å². The van der Waals surface area contributed by atoms with E-state index in [0.717, 1.165) is 53.8 Å². The molecule has 0 saturated heterocycles. The highest BCUT2D eigenvalue weighted by atomic mass is 35.5. The summed E-state index contributed by atoms with van der Waals surface area (Å²) in [6.45, 7) is 6.94. The molecule has 0 atom stereocenters. The van der Waals surface area contributed by atoms with Crippen molar-refractivity contribution in [2.45, 2.75) is 39.5 Å². The number of benzene rings is 2. The topological polar surface area (TPSA) is 39.7 Å². The first-order chi connectivity index (χ1) is 12.6. The van der Waals surface area contributed by atoms with Gasteiger partial charge < -0.3 is 19.5 Å². The second kappa shape index (κ2) is 12.8. The molecule has 0 amide bonds. The van der Waals surface area contributed by atoms with Gasteiger partial charge in [0, 0.05) is 23.7 Å². The summed E-state index contributed by atoms with van der Waals surface area (Å²) in [4.78, 5) is 0. The van der Waals surface area contributed by atoms with Gasteiger partial charge in [0.05, 0.1) is 13.2 Å². The summed E-state index contributed by atoms with van der Waals surface area (Å²) < 4.78 is 17.1. The Morgan fingerprint density at radius 1 is 1.07 bits per heavy atom. The molecule has 0 heterocycles. The van der Waals surface area contributed by atoms with Gasteiger partial charge in [0.25, 0.3) is 0 Å². The quantitative estimate of drug-likeness (QED) is 0.510. The molecule has 27 heavy (non-hydrogen) atoms. The fourth-order valence-electron chi connectivity index (χ4n) is 2.50. The monoisotopic (exact) mass is 413 g/mol. The van der Waals surface area contributed by atoms with Crippen LogP contribution in [0.3, 0.4) is 0 Å². The van der Waals surface area contributed by atoms with E-state index in [1.165, 1.54) is 0 Å². The number of hydrogen-bond donors (Lipinski definition) is 1. The van der Waals surface area contributed by atoms with Crippen LogP contribution in [0.5, 0.6) is 11.5 Å². The lowest BCUT2D eigenvalue weighted by Gasteiger charge is -2.16. The molecular formula is C21H29Cl2NO3. The lowest BCUT2D eigenvalue weighted by molar-refractivity contribution is 0.0770. The minimum atomic E-state index is 0. The van der Waals surface area contributed by atoms with Crippen LogP contribution in [-0.4, -0.2) is 26.4 Å². The van der Waals surface area contributed by atoms with E-state index in [2.05, 4.69) is 11.4 Å². The van der Waals surface area contributed by atoms with E-state index in [4.69, 9.17) is 25.8 Å². The predicted octanol–water partition coefficient (Wildman–Crippen LogP) is 5.25. The lowest BCUT2D eigenvalue weighted by Crippen LogP contribution is -2.18. The Morgan fingerprint density at radius 2 is 1.81 bits per heavy atom. The molecule has 0 aliphatic heterocycles. The summed E-state index contributed by atoms with van der Waals surface area (Å²) >= 11 is 5.93. The second-order valence-electron chi connectivity index (χ2n) is 6.31. The van der Waals surface area contributed by atoms with Gasteiger partial charge in [0.15, 0.2) is 11.5 Å². The molecule has 0 fully saturated rings. The third kappa shape index (κ3) is 8.39. The van der Waals surface area contributed by atoms with Gasteiger partial charge in [-0.15, -0.1) is 12.4 Å². The van der Waals surface area contributed by atoms with Crippen molar-refractivity contribution >= 4 is 24.0 Å². The van der Waals surface area contributed by atoms with Crippen LogP contribution in [0, 0.1) is 0 Å². The molecule has 0 aromatic heterocycles. The summed E-state index contributed by atoms with van der Waals surface area (Å²) in [6.07, 6.45) is 1.25. The fraction of sp³-hybridized carbons (Fsp3) is 0.429. The van der Waals surface area contributed by atoms with E-state index >= 15 is 0 Å². The Balaban J connectivity index is 0.00000364. The zero-order valence-corrected chi connectivity index (χ0v) is 17.7. The van der Waals surface area contributed by atoms with Gasteiger partial charge in [-0.1, -0.05) is 35.9 Å². The Morgan fingerprint density at radius 3 is 2.48 bits per heavy atom. The summed E-state index contributed by atoms with van der Waals surface area (Å²) in [7, 11) is 1.66. The number of rotatable bonds is 11. The highest BCUT2D eigenvalue weighted by Crippen LogP contribution is 2.31. The largest absolute Gasteiger partial charge is 0.493 e. The van der Waals surface area contributed by atoms with Gasteiger partial charge >= 0.3 is 0 Å². The van der Waals surface area contributed by atoms with E-state index in [1.807, 2.05) is 50.2 Å². The van der Waals surface area contributed by atoms with Crippen LogP contribution in [0.1, 0.15) is 31.4 Å². The van der Waals surface area contributed by atoms with Crippen LogP contribution >= 0.6 is 24.0 Å². The van der Waals surface area contributed by atoms with Gasteiger partial charge in [0.1, 0.15) is 6.61 Å². The van der Waals surface area contributed by atoms with Gasteiger partial charge in [-0.05, 0) is 50.6 Å². The highest BCUT2D eigenvalue weighted by molar-refractivity contribution is 6.30. The first kappa shape index (κ1) is 23.6. The van der Waals surface area contributed by atoms with Crippen LogP contribution in [0.4, 0.5) is 0 Å². The number of ether oxygens (including phenoxy) is 3. The van der Waals surface area contributed by atoms with Crippen LogP contribution < -0.4 is 14.8 Å². The second-order valence-corrected chi connectivity index (χ2v) is 6.75. The molecule has 150 valence electrons. The van der Waals surface area contributed by atoms with Crippen LogP contribution in [-0.2, 0) is 17.9 Å². The number of hydrogen-bond acceptors (Lipinski definition) is 4. The van der Waals surface area contributed by atoms with Crippen molar-refractivity contribution in [1.29, 1.82) is 0 Å². The molecule has 4 nitrogen and oxygen atoms in total. The van der Waals surface area contributed by atoms with E-state index < -0.39 is 0 Å². The Labute approximate surface area is 173 Å². The highest BCUT2D eigenvalue weighted by Gasteiger charge is 2.11. The van der Waals surface area contributed by atoms with E-state index in [9.17, 15) is 0 Å². The van der Waals surface area contributed by atoms with Crippen molar-refractivity contribution in [3.8, 4) is 11.5 Å². The first-order valence-electron chi connectivity index (χ1n) is 8.95. The average Bonchev–Trinajstić information content (AvgIpc) is 2.64. The molecule has 1 N–H and O–H groups in total. The molecule has 0 bridgehead atoms. The minimum absolute atomic E-state index is 0. The normalized spacial score (nSPS) is 10.6. The van der Waals surface area contributed by atoms with Crippen molar-refractivity contribution in [2.75, 3.05) is 20.3 Å². The summed E-state index contributed by atoms with van der Waals surface area (Å²) in [5.74, 6) is 1.51. The molecule has 0 aliphatic carbocycles. The molecule has 0 saturated carbocycles. The number of nitrogens with one attached hydrogen (secondary N) is 1. The van der Waals surface area contributed by atoms with E-state index in [-0.39, 0.29) is 18.5 Å². The third-order valence-electron chi connectivity index (χ3n) is 3.84. The first-order valence-corrected chi connectivity index (χ1v) is 9.33. The average molecular weight is 414 g/mol. The van der Waals surface area contributed by atoms with Crippen molar-refractivity contribution < 1.29 is 14.2 Å². The minimum Gasteiger partial charge on any atom is -0.493 e. The van der Waals surface area contributed by atoms with E-state index in [1.54, 1.807) is 7.11 Å². The Bertz CT molecular complexity index is 663. The van der Waals surface area contributed by atoms with Crippen molar-refractivity contribution in [1.82, 2.24) is 5.32 Å². The molecule has 0 radical (unpaired) electrons. The summed E-state index contributed by atoms with van der Waals surface area (Å²) in [5, 5.41) is 4.16. The lowest BCUT2D eigenvalue weighted by atomic mass is 10.1. The molecule has 0 spiro atoms. The molecule has 2 aromatic carbocycles. The number of para-hydroxylation sites is 1. The molecule has 2 rings (SSSR count). The van der Waals surface area contributed by atoms with Crippen LogP contribution in [0.15, 0.2) is 42.5 Å². The van der Waals surface area contributed by atoms with Crippen LogP contribution in [0.2, 0.25) is 5.02 Å². The molecule has 0 unspecified atom stereocenters. The Hall–Kier alpha value is -1.46. The zero-order valence-electron chi connectivity index (χ0n) is 16.2. The fourth-order valence-corrected chi connectivity index (χ4v) is 2.63. The maximum absolute atomic E-state index is 6.06. The standard InChI is InChI=1S/C21H28ClNO3.ClH/c1-16(2)25-13-5-12-23-14-18-6-4-7-20(24-3)21(18)26-15-17-8-10-19(22)11-9-17;/h4,6-11,16,23H,5,12-15H2,1-3H3;1H. The summed E-state index contributed by atoms with van der Waals surface area (Å²) in [5.41, 5.74) is 2.13. The number of methoxy groups -OCH3 is 1. The Kier molecular flexibility index (Phi) is 11.2. The maximum atomic E-state index is 6.06. The number of halogens is 2.